The SMILES string of the molecule is COCCCc1cc(CN(C(=O)C(CNC(=O)O)Cc2ccc(OCCOc3c(Cl)cc(C)cc3Cl)cc2)C2CC2)cc(OCc2ccccn2)c1. The smallest absolute Gasteiger partial charge is 0.404 e. The Morgan fingerprint density at radius 3 is 2.31 bits per heavy atom. The lowest BCUT2D eigenvalue weighted by atomic mass is 9.97. The minimum Gasteiger partial charge on any atom is -0.490 e. The first-order chi connectivity index (χ1) is 25.2. The van der Waals surface area contributed by atoms with Gasteiger partial charge in [0.05, 0.1) is 21.7 Å². The Kier molecular flexibility index (Phi) is 14.4. The number of carbonyl (C=O) groups is 2. The molecule has 1 aromatic heterocycles. The Bertz CT molecular complexity index is 1750. The zero-order chi connectivity index (χ0) is 36.9. The molecule has 1 aliphatic carbocycles. The van der Waals surface area contributed by atoms with Gasteiger partial charge in [-0.2, -0.15) is 0 Å². The van der Waals surface area contributed by atoms with E-state index in [1.165, 1.54) is 0 Å². The fourth-order valence-electron chi connectivity index (χ4n) is 5.90. The lowest BCUT2D eigenvalue weighted by Crippen LogP contribution is -2.43. The summed E-state index contributed by atoms with van der Waals surface area (Å²) in [7, 11) is 1.69. The molecule has 10 nitrogen and oxygen atoms in total. The van der Waals surface area contributed by atoms with Crippen LogP contribution in [0.4, 0.5) is 4.79 Å². The van der Waals surface area contributed by atoms with Crippen molar-refractivity contribution in [3.05, 3.63) is 117 Å². The van der Waals surface area contributed by atoms with Crippen LogP contribution in [-0.2, 0) is 35.5 Å². The highest BCUT2D eigenvalue weighted by Crippen LogP contribution is 2.34. The molecule has 1 aliphatic rings. The number of aryl methyl sites for hydroxylation is 2. The van der Waals surface area contributed by atoms with Gasteiger partial charge in [-0.25, -0.2) is 4.79 Å². The van der Waals surface area contributed by atoms with Gasteiger partial charge in [-0.15, -0.1) is 0 Å². The van der Waals surface area contributed by atoms with Crippen molar-refractivity contribution >= 4 is 35.2 Å². The molecular formula is C40H45Cl2N3O7. The zero-order valence-electron chi connectivity index (χ0n) is 29.5. The number of aromatic nitrogens is 1. The Morgan fingerprint density at radius 2 is 1.63 bits per heavy atom. The lowest BCUT2D eigenvalue weighted by molar-refractivity contribution is -0.136. The largest absolute Gasteiger partial charge is 0.490 e. The third kappa shape index (κ3) is 12.0. The number of hydrogen-bond donors (Lipinski definition) is 2. The molecule has 1 atom stereocenters. The number of amides is 2. The molecule has 276 valence electrons. The van der Waals surface area contributed by atoms with E-state index >= 15 is 0 Å². The van der Waals surface area contributed by atoms with Crippen molar-refractivity contribution in [2.24, 2.45) is 5.92 Å². The van der Waals surface area contributed by atoms with E-state index in [2.05, 4.69) is 16.4 Å². The number of benzene rings is 3. The number of halogens is 2. The second-order valence-corrected chi connectivity index (χ2v) is 13.7. The maximum absolute atomic E-state index is 14.2. The summed E-state index contributed by atoms with van der Waals surface area (Å²) in [5, 5.41) is 12.8. The van der Waals surface area contributed by atoms with E-state index in [-0.39, 0.29) is 31.7 Å². The highest BCUT2D eigenvalue weighted by atomic mass is 35.5. The fraction of sp³-hybridized carbons (Fsp3) is 0.375. The van der Waals surface area contributed by atoms with E-state index in [0.29, 0.717) is 53.5 Å². The molecule has 4 aromatic rings. The van der Waals surface area contributed by atoms with Gasteiger partial charge in [-0.3, -0.25) is 9.78 Å². The van der Waals surface area contributed by atoms with Gasteiger partial charge in [-0.05, 0) is 110 Å². The zero-order valence-corrected chi connectivity index (χ0v) is 31.0. The van der Waals surface area contributed by atoms with Crippen LogP contribution in [0.3, 0.4) is 0 Å². The maximum atomic E-state index is 14.2. The van der Waals surface area contributed by atoms with E-state index in [9.17, 15) is 14.7 Å². The van der Waals surface area contributed by atoms with Crippen LogP contribution in [-0.4, -0.2) is 66.5 Å². The van der Waals surface area contributed by atoms with Crippen LogP contribution in [0.25, 0.3) is 0 Å². The summed E-state index contributed by atoms with van der Waals surface area (Å²) >= 11 is 12.5. The number of carboxylic acid groups (broad SMARTS) is 1. The summed E-state index contributed by atoms with van der Waals surface area (Å²) in [4.78, 5) is 32.0. The Morgan fingerprint density at radius 1 is 0.904 bits per heavy atom. The van der Waals surface area contributed by atoms with Crippen molar-refractivity contribution in [2.75, 3.05) is 33.5 Å². The van der Waals surface area contributed by atoms with Gasteiger partial charge in [0.2, 0.25) is 5.91 Å². The van der Waals surface area contributed by atoms with Gasteiger partial charge >= 0.3 is 6.09 Å². The second-order valence-electron chi connectivity index (χ2n) is 12.9. The third-order valence-electron chi connectivity index (χ3n) is 8.57. The molecular weight excluding hydrogens is 705 g/mol. The van der Waals surface area contributed by atoms with Crippen LogP contribution in [0, 0.1) is 12.8 Å². The summed E-state index contributed by atoms with van der Waals surface area (Å²) < 4.78 is 23.0. The summed E-state index contributed by atoms with van der Waals surface area (Å²) in [6, 6.07) is 22.9. The predicted molar refractivity (Wildman–Crippen MR) is 201 cm³/mol. The number of methoxy groups -OCH3 is 1. The number of hydrogen-bond acceptors (Lipinski definition) is 7. The van der Waals surface area contributed by atoms with Crippen molar-refractivity contribution in [2.45, 2.75) is 58.2 Å². The van der Waals surface area contributed by atoms with Gasteiger partial charge in [0.15, 0.2) is 5.75 Å². The third-order valence-corrected chi connectivity index (χ3v) is 9.13. The standard InChI is InChI=1S/C40H45Cl2N3O7/c1-27-18-36(41)38(37(42)19-27)51-17-16-50-34-12-8-28(9-13-34)21-31(24-44-40(47)48)39(46)45(33-10-11-33)25-30-20-29(6-5-15-49-2)22-35(23-30)52-26-32-7-3-4-14-43-32/h3-4,7-9,12-14,18-20,22-23,31,33,44H,5-6,10-11,15-17,21,24-26H2,1-2H3,(H,47,48). The Labute approximate surface area is 315 Å². The molecule has 3 aromatic carbocycles. The molecule has 1 fully saturated rings. The molecule has 0 bridgehead atoms. The van der Waals surface area contributed by atoms with Crippen LogP contribution in [0.2, 0.25) is 10.0 Å². The molecule has 1 saturated carbocycles. The number of carbonyl (C=O) groups excluding carboxylic acids is 1. The van der Waals surface area contributed by atoms with E-state index < -0.39 is 12.0 Å². The number of rotatable bonds is 20. The monoisotopic (exact) mass is 749 g/mol. The molecule has 0 spiro atoms. The number of ether oxygens (including phenoxy) is 4. The average molecular weight is 751 g/mol. The minimum atomic E-state index is -1.17. The lowest BCUT2D eigenvalue weighted by Gasteiger charge is -2.28. The van der Waals surface area contributed by atoms with Crippen molar-refractivity contribution < 1.29 is 33.6 Å². The summed E-state index contributed by atoms with van der Waals surface area (Å²) in [6.45, 7) is 3.76. The van der Waals surface area contributed by atoms with Crippen LogP contribution in [0.1, 0.15) is 47.2 Å². The number of nitrogens with zero attached hydrogens (tertiary/aromatic N) is 2. The first kappa shape index (κ1) is 38.7. The molecule has 0 aliphatic heterocycles. The average Bonchev–Trinajstić information content (AvgIpc) is 3.97. The molecule has 1 heterocycles. The summed E-state index contributed by atoms with van der Waals surface area (Å²) in [6.07, 6.45) is 4.37. The molecule has 0 saturated heterocycles. The quantitative estimate of drug-likeness (QED) is 0.0875. The minimum absolute atomic E-state index is 0.00734. The van der Waals surface area contributed by atoms with Gasteiger partial charge in [-0.1, -0.05) is 47.5 Å². The van der Waals surface area contributed by atoms with Gasteiger partial charge < -0.3 is 34.3 Å². The van der Waals surface area contributed by atoms with Gasteiger partial charge in [0.1, 0.15) is 31.3 Å². The predicted octanol–water partition coefficient (Wildman–Crippen LogP) is 7.93. The maximum Gasteiger partial charge on any atom is 0.404 e. The van der Waals surface area contributed by atoms with Crippen LogP contribution in [0.5, 0.6) is 17.2 Å². The van der Waals surface area contributed by atoms with E-state index in [1.54, 1.807) is 25.4 Å². The van der Waals surface area contributed by atoms with Crippen molar-refractivity contribution in [3.8, 4) is 17.2 Å². The fourth-order valence-corrected chi connectivity index (χ4v) is 6.61. The second kappa shape index (κ2) is 19.4. The molecule has 12 heteroatoms. The topological polar surface area (TPSA) is 119 Å². The van der Waals surface area contributed by atoms with Gasteiger partial charge in [0, 0.05) is 39.0 Å². The molecule has 0 radical (unpaired) electrons. The Balaban J connectivity index is 1.24. The van der Waals surface area contributed by atoms with E-state index in [4.69, 9.17) is 42.1 Å². The van der Waals surface area contributed by atoms with E-state index in [0.717, 1.165) is 53.6 Å². The van der Waals surface area contributed by atoms with Crippen LogP contribution >= 0.6 is 23.2 Å². The van der Waals surface area contributed by atoms with E-state index in [1.807, 2.05) is 66.4 Å². The Hall–Kier alpha value is -4.51. The summed E-state index contributed by atoms with van der Waals surface area (Å²) in [5.41, 5.74) is 4.69. The molecule has 2 N–H and O–H groups in total. The van der Waals surface area contributed by atoms with Crippen molar-refractivity contribution in [1.82, 2.24) is 15.2 Å². The highest BCUT2D eigenvalue weighted by Gasteiger charge is 2.36. The van der Waals surface area contributed by atoms with Gasteiger partial charge in [0.25, 0.3) is 0 Å². The van der Waals surface area contributed by atoms with Crippen LogP contribution < -0.4 is 19.5 Å². The first-order valence-electron chi connectivity index (χ1n) is 17.4. The summed E-state index contributed by atoms with van der Waals surface area (Å²) in [5.74, 6) is 1.06. The van der Waals surface area contributed by atoms with Crippen molar-refractivity contribution in [3.63, 3.8) is 0 Å². The molecule has 52 heavy (non-hydrogen) atoms. The highest BCUT2D eigenvalue weighted by molar-refractivity contribution is 6.37. The number of pyridine rings is 1. The van der Waals surface area contributed by atoms with Crippen molar-refractivity contribution in [1.29, 1.82) is 0 Å². The number of nitrogens with one attached hydrogen (secondary N) is 1. The van der Waals surface area contributed by atoms with Crippen LogP contribution in [0.15, 0.2) is 79.0 Å². The molecule has 5 rings (SSSR count). The molecule has 2 amide bonds. The molecule has 1 unspecified atom stereocenters. The normalized spacial score (nSPS) is 12.9. The first-order valence-corrected chi connectivity index (χ1v) is 18.2.